The van der Waals surface area contributed by atoms with Crippen LogP contribution in [0.5, 0.6) is 0 Å². The lowest BCUT2D eigenvalue weighted by atomic mass is 10.2. The van der Waals surface area contributed by atoms with Crippen LogP contribution in [0.3, 0.4) is 0 Å². The number of amides is 1. The van der Waals surface area contributed by atoms with E-state index in [0.717, 1.165) is 5.69 Å². The molecule has 0 spiro atoms. The molecule has 0 N–H and O–H groups in total. The van der Waals surface area contributed by atoms with Gasteiger partial charge >= 0.3 is 5.97 Å². The molecule has 5 heteroatoms. The van der Waals surface area contributed by atoms with Gasteiger partial charge in [-0.05, 0) is 32.9 Å². The lowest BCUT2D eigenvalue weighted by Crippen LogP contribution is -2.40. The Morgan fingerprint density at radius 3 is 2.41 bits per heavy atom. The Hall–Kier alpha value is -2.14. The number of carbonyl (C=O) groups excluding carboxylic acids is 2. The first-order valence-corrected chi connectivity index (χ1v) is 7.23. The Morgan fingerprint density at radius 2 is 1.86 bits per heavy atom. The fourth-order valence-corrected chi connectivity index (χ4v) is 1.92. The first-order valence-electron chi connectivity index (χ1n) is 7.23. The Kier molecular flexibility index (Phi) is 7.32. The van der Waals surface area contributed by atoms with Gasteiger partial charge in [0.05, 0.1) is 6.61 Å². The molecule has 0 aromatic heterocycles. The fourth-order valence-electron chi connectivity index (χ4n) is 1.92. The highest BCUT2D eigenvalue weighted by molar-refractivity contribution is 5.95. The summed E-state index contributed by atoms with van der Waals surface area (Å²) in [6.45, 7) is 8.84. The minimum absolute atomic E-state index is 0.0389. The summed E-state index contributed by atoms with van der Waals surface area (Å²) >= 11 is 0. The molecule has 1 aromatic rings. The van der Waals surface area contributed by atoms with Gasteiger partial charge in [0.1, 0.15) is 0 Å². The summed E-state index contributed by atoms with van der Waals surface area (Å²) in [5, 5.41) is 0. The van der Waals surface area contributed by atoms with Crippen molar-refractivity contribution in [3.8, 4) is 0 Å². The van der Waals surface area contributed by atoms with Gasteiger partial charge in [-0.25, -0.2) is 4.79 Å². The third-order valence-electron chi connectivity index (χ3n) is 2.95. The van der Waals surface area contributed by atoms with E-state index in [4.69, 9.17) is 9.47 Å². The van der Waals surface area contributed by atoms with Crippen LogP contribution in [-0.2, 0) is 19.1 Å². The van der Waals surface area contributed by atoms with E-state index in [2.05, 4.69) is 6.58 Å². The summed E-state index contributed by atoms with van der Waals surface area (Å²) in [4.78, 5) is 25.6. The van der Waals surface area contributed by atoms with Crippen LogP contribution in [-0.4, -0.2) is 37.2 Å². The first-order chi connectivity index (χ1) is 10.5. The number of esters is 1. The molecule has 0 fully saturated rings. The molecule has 1 aromatic carbocycles. The quantitative estimate of drug-likeness (QED) is 0.547. The molecule has 0 bridgehead atoms. The van der Waals surface area contributed by atoms with Crippen LogP contribution >= 0.6 is 0 Å². The number of nitrogens with zero attached hydrogens (tertiary/aromatic N) is 1. The molecule has 1 rings (SSSR count). The number of ether oxygens (including phenoxy) is 2. The molecular formula is C17H23NO4. The maximum atomic E-state index is 12.3. The zero-order valence-electron chi connectivity index (χ0n) is 13.3. The maximum Gasteiger partial charge on any atom is 0.335 e. The summed E-state index contributed by atoms with van der Waals surface area (Å²) in [6, 6.07) is 9.24. The monoisotopic (exact) mass is 305 g/mol. The third kappa shape index (κ3) is 5.33. The van der Waals surface area contributed by atoms with Gasteiger partial charge in [0, 0.05) is 11.7 Å². The SMILES string of the molecule is C=CCOC(C)C(=O)OCC(=O)N(c1ccccc1)C(C)C. The third-order valence-corrected chi connectivity index (χ3v) is 2.95. The molecule has 1 unspecified atom stereocenters. The van der Waals surface area contributed by atoms with Crippen LogP contribution in [0.1, 0.15) is 20.8 Å². The van der Waals surface area contributed by atoms with E-state index in [1.807, 2.05) is 44.2 Å². The van der Waals surface area contributed by atoms with Crippen molar-refractivity contribution in [2.45, 2.75) is 32.9 Å². The van der Waals surface area contributed by atoms with E-state index < -0.39 is 12.1 Å². The minimum Gasteiger partial charge on any atom is -0.454 e. The van der Waals surface area contributed by atoms with Crippen LogP contribution in [0.15, 0.2) is 43.0 Å². The van der Waals surface area contributed by atoms with Gasteiger partial charge in [-0.15, -0.1) is 6.58 Å². The Morgan fingerprint density at radius 1 is 1.23 bits per heavy atom. The summed E-state index contributed by atoms with van der Waals surface area (Å²) in [7, 11) is 0. The van der Waals surface area contributed by atoms with Crippen molar-refractivity contribution in [3.63, 3.8) is 0 Å². The summed E-state index contributed by atoms with van der Waals surface area (Å²) < 4.78 is 10.2. The number of anilines is 1. The normalized spacial score (nSPS) is 11.8. The Bertz CT molecular complexity index is 499. The second-order valence-electron chi connectivity index (χ2n) is 5.06. The zero-order chi connectivity index (χ0) is 16.5. The topological polar surface area (TPSA) is 55.8 Å². The summed E-state index contributed by atoms with van der Waals surface area (Å²) in [5.41, 5.74) is 0.773. The summed E-state index contributed by atoms with van der Waals surface area (Å²) in [5.74, 6) is -0.836. The van der Waals surface area contributed by atoms with E-state index in [0.29, 0.717) is 0 Å². The molecule has 0 saturated carbocycles. The van der Waals surface area contributed by atoms with E-state index in [1.165, 1.54) is 0 Å². The molecule has 1 atom stereocenters. The van der Waals surface area contributed by atoms with Gasteiger partial charge in [-0.2, -0.15) is 0 Å². The predicted octanol–water partition coefficient (Wildman–Crippen LogP) is 2.56. The number of benzene rings is 1. The van der Waals surface area contributed by atoms with Crippen LogP contribution < -0.4 is 4.90 Å². The van der Waals surface area contributed by atoms with Gasteiger partial charge in [0.2, 0.25) is 0 Å². The van der Waals surface area contributed by atoms with E-state index in [9.17, 15) is 9.59 Å². The molecule has 0 aliphatic heterocycles. The second-order valence-corrected chi connectivity index (χ2v) is 5.06. The highest BCUT2D eigenvalue weighted by Crippen LogP contribution is 2.16. The molecular weight excluding hydrogens is 282 g/mol. The molecule has 5 nitrogen and oxygen atoms in total. The number of hydrogen-bond donors (Lipinski definition) is 0. The highest BCUT2D eigenvalue weighted by Gasteiger charge is 2.22. The number of rotatable bonds is 8. The average Bonchev–Trinajstić information content (AvgIpc) is 2.51. The molecule has 0 saturated heterocycles. The summed E-state index contributed by atoms with van der Waals surface area (Å²) in [6.07, 6.45) is 0.820. The van der Waals surface area contributed by atoms with Crippen molar-refractivity contribution in [1.29, 1.82) is 0 Å². The maximum absolute atomic E-state index is 12.3. The van der Waals surface area contributed by atoms with E-state index in [1.54, 1.807) is 17.9 Å². The van der Waals surface area contributed by atoms with Gasteiger partial charge < -0.3 is 14.4 Å². The van der Waals surface area contributed by atoms with Crippen molar-refractivity contribution >= 4 is 17.6 Å². The minimum atomic E-state index is -0.727. The Labute approximate surface area is 131 Å². The molecule has 0 heterocycles. The molecule has 120 valence electrons. The first kappa shape index (κ1) is 17.9. The predicted molar refractivity (Wildman–Crippen MR) is 85.6 cm³/mol. The molecule has 0 radical (unpaired) electrons. The number of para-hydroxylation sites is 1. The van der Waals surface area contributed by atoms with Crippen LogP contribution in [0.25, 0.3) is 0 Å². The Balaban J connectivity index is 2.62. The zero-order valence-corrected chi connectivity index (χ0v) is 13.3. The number of carbonyl (C=O) groups is 2. The van der Waals surface area contributed by atoms with Crippen molar-refractivity contribution in [2.75, 3.05) is 18.1 Å². The molecule has 0 aliphatic carbocycles. The fraction of sp³-hybridized carbons (Fsp3) is 0.412. The molecule has 1 amide bonds. The smallest absolute Gasteiger partial charge is 0.335 e. The van der Waals surface area contributed by atoms with Gasteiger partial charge in [-0.1, -0.05) is 24.3 Å². The van der Waals surface area contributed by atoms with Crippen LogP contribution in [0, 0.1) is 0 Å². The van der Waals surface area contributed by atoms with Crippen LogP contribution in [0.4, 0.5) is 5.69 Å². The number of hydrogen-bond acceptors (Lipinski definition) is 4. The second kappa shape index (κ2) is 9.00. The van der Waals surface area contributed by atoms with E-state index in [-0.39, 0.29) is 25.2 Å². The van der Waals surface area contributed by atoms with Crippen molar-refractivity contribution in [1.82, 2.24) is 0 Å². The van der Waals surface area contributed by atoms with Crippen molar-refractivity contribution < 1.29 is 19.1 Å². The van der Waals surface area contributed by atoms with Crippen molar-refractivity contribution in [2.24, 2.45) is 0 Å². The van der Waals surface area contributed by atoms with Gasteiger partial charge in [-0.3, -0.25) is 4.79 Å². The van der Waals surface area contributed by atoms with Crippen LogP contribution in [0.2, 0.25) is 0 Å². The standard InChI is InChI=1S/C17H23NO4/c1-5-11-21-14(4)17(20)22-12-16(19)18(13(2)3)15-9-7-6-8-10-15/h5-10,13-14H,1,11-12H2,2-4H3. The molecule has 22 heavy (non-hydrogen) atoms. The average molecular weight is 305 g/mol. The molecule has 0 aliphatic rings. The largest absolute Gasteiger partial charge is 0.454 e. The van der Waals surface area contributed by atoms with E-state index >= 15 is 0 Å². The van der Waals surface area contributed by atoms with Crippen molar-refractivity contribution in [3.05, 3.63) is 43.0 Å². The van der Waals surface area contributed by atoms with Gasteiger partial charge in [0.25, 0.3) is 5.91 Å². The highest BCUT2D eigenvalue weighted by atomic mass is 16.6. The lowest BCUT2D eigenvalue weighted by molar-refractivity contribution is -0.158. The lowest BCUT2D eigenvalue weighted by Gasteiger charge is -2.26. The van der Waals surface area contributed by atoms with Gasteiger partial charge in [0.15, 0.2) is 12.7 Å².